The van der Waals surface area contributed by atoms with Crippen LogP contribution in [0.2, 0.25) is 0 Å². The van der Waals surface area contributed by atoms with Crippen LogP contribution in [-0.4, -0.2) is 105 Å². The van der Waals surface area contributed by atoms with Gasteiger partial charge in [-0.3, -0.25) is 4.79 Å². The minimum atomic E-state index is -0.209. The Morgan fingerprint density at radius 2 is 1.87 bits per heavy atom. The number of rotatable bonds is 10. The van der Waals surface area contributed by atoms with Crippen LogP contribution in [0, 0.1) is 0 Å². The number of hydrogen-bond donors (Lipinski definition) is 1. The van der Waals surface area contributed by atoms with Crippen molar-refractivity contribution in [2.45, 2.75) is 32.3 Å². The summed E-state index contributed by atoms with van der Waals surface area (Å²) in [5.41, 5.74) is 1.61. The second-order valence-electron chi connectivity index (χ2n) is 9.46. The van der Waals surface area contributed by atoms with Crippen molar-refractivity contribution in [1.29, 1.82) is 0 Å². The quantitative estimate of drug-likeness (QED) is 0.503. The number of ether oxygens (including phenoxy) is 3. The Labute approximate surface area is 224 Å². The monoisotopic (exact) mass is 526 g/mol. The molecule has 206 valence electrons. The molecular weight excluding hydrogens is 488 g/mol. The van der Waals surface area contributed by atoms with Crippen molar-refractivity contribution in [3.05, 3.63) is 30.3 Å². The highest BCUT2D eigenvalue weighted by atomic mass is 16.5. The fourth-order valence-electron chi connectivity index (χ4n) is 4.69. The number of nitrogens with one attached hydrogen (secondary N) is 1. The highest BCUT2D eigenvalue weighted by Gasteiger charge is 2.28. The minimum absolute atomic E-state index is 0.00688. The highest BCUT2D eigenvalue weighted by molar-refractivity contribution is 5.84. The molecule has 2 fully saturated rings. The van der Waals surface area contributed by atoms with Crippen LogP contribution in [0.3, 0.4) is 0 Å². The van der Waals surface area contributed by atoms with Crippen LogP contribution in [0.1, 0.15) is 26.2 Å². The van der Waals surface area contributed by atoms with Crippen LogP contribution in [0.25, 0.3) is 11.3 Å². The maximum atomic E-state index is 13.1. The lowest BCUT2D eigenvalue weighted by molar-refractivity contribution is -0.132. The van der Waals surface area contributed by atoms with Gasteiger partial charge in [-0.25, -0.2) is 4.79 Å². The molecule has 11 heteroatoms. The van der Waals surface area contributed by atoms with Crippen LogP contribution in [-0.2, 0) is 9.53 Å². The number of benzene rings is 1. The highest BCUT2D eigenvalue weighted by Crippen LogP contribution is 2.31. The van der Waals surface area contributed by atoms with Crippen LogP contribution in [0.5, 0.6) is 11.5 Å². The number of carbonyl (C=O) groups is 2. The first-order chi connectivity index (χ1) is 18.5. The average Bonchev–Trinajstić information content (AvgIpc) is 3.48. The average molecular weight is 527 g/mol. The zero-order chi connectivity index (χ0) is 26.9. The van der Waals surface area contributed by atoms with Crippen molar-refractivity contribution in [3.8, 4) is 22.8 Å². The Morgan fingerprint density at radius 3 is 2.50 bits per heavy atom. The van der Waals surface area contributed by atoms with E-state index < -0.39 is 0 Å². The lowest BCUT2D eigenvalue weighted by Gasteiger charge is -2.36. The number of piperazine rings is 1. The van der Waals surface area contributed by atoms with E-state index in [-0.39, 0.29) is 24.6 Å². The van der Waals surface area contributed by atoms with E-state index >= 15 is 0 Å². The maximum Gasteiger partial charge on any atom is 0.317 e. The van der Waals surface area contributed by atoms with Gasteiger partial charge in [0.2, 0.25) is 5.91 Å². The van der Waals surface area contributed by atoms with Gasteiger partial charge in [-0.05, 0) is 49.6 Å². The summed E-state index contributed by atoms with van der Waals surface area (Å²) >= 11 is 0. The van der Waals surface area contributed by atoms with Gasteiger partial charge in [0.25, 0.3) is 0 Å². The third-order valence-electron chi connectivity index (χ3n) is 6.87. The van der Waals surface area contributed by atoms with Gasteiger partial charge >= 0.3 is 6.03 Å². The van der Waals surface area contributed by atoms with Gasteiger partial charge in [-0.15, -0.1) is 10.2 Å². The smallest absolute Gasteiger partial charge is 0.317 e. The van der Waals surface area contributed by atoms with Crippen molar-refractivity contribution < 1.29 is 23.8 Å². The van der Waals surface area contributed by atoms with E-state index in [1.165, 1.54) is 0 Å². The largest absolute Gasteiger partial charge is 0.493 e. The normalized spacial score (nSPS) is 17.3. The molecule has 0 aliphatic carbocycles. The summed E-state index contributed by atoms with van der Waals surface area (Å²) in [6, 6.07) is 9.29. The molecule has 2 aliphatic heterocycles. The molecule has 0 saturated carbocycles. The first kappa shape index (κ1) is 27.4. The van der Waals surface area contributed by atoms with E-state index in [0.29, 0.717) is 57.4 Å². The second-order valence-corrected chi connectivity index (χ2v) is 9.46. The Bertz CT molecular complexity index is 1070. The van der Waals surface area contributed by atoms with E-state index in [4.69, 9.17) is 14.2 Å². The first-order valence-corrected chi connectivity index (χ1v) is 13.3. The van der Waals surface area contributed by atoms with Crippen LogP contribution >= 0.6 is 0 Å². The molecule has 4 rings (SSSR count). The predicted octanol–water partition coefficient (Wildman–Crippen LogP) is 2.41. The van der Waals surface area contributed by atoms with E-state index in [0.717, 1.165) is 36.3 Å². The molecule has 0 unspecified atom stereocenters. The zero-order valence-corrected chi connectivity index (χ0v) is 22.5. The van der Waals surface area contributed by atoms with E-state index in [1.54, 1.807) is 19.1 Å². The molecule has 11 nitrogen and oxygen atoms in total. The standard InChI is InChI=1S/C27H38N6O5/c1-4-11-28-27(35)33(18-21-6-5-16-38-21)19-26(34)32-14-12-31(13-15-32)25-10-8-22(29-30-25)20-7-9-23(36-2)24(17-20)37-3/h7-10,17,21H,4-6,11-16,18-19H2,1-3H3,(H,28,35)/t21-/m0/s1. The molecule has 3 amide bonds. The summed E-state index contributed by atoms with van der Waals surface area (Å²) in [5.74, 6) is 2.00. The van der Waals surface area contributed by atoms with Gasteiger partial charge in [0, 0.05) is 51.4 Å². The van der Waals surface area contributed by atoms with Gasteiger partial charge in [0.15, 0.2) is 17.3 Å². The molecule has 0 bridgehead atoms. The molecule has 3 heterocycles. The van der Waals surface area contributed by atoms with Gasteiger partial charge in [0.1, 0.15) is 6.54 Å². The number of nitrogens with zero attached hydrogens (tertiary/aromatic N) is 5. The third kappa shape index (κ3) is 6.83. The van der Waals surface area contributed by atoms with Crippen molar-refractivity contribution in [2.24, 2.45) is 0 Å². The van der Waals surface area contributed by atoms with E-state index in [2.05, 4.69) is 20.4 Å². The van der Waals surface area contributed by atoms with Gasteiger partial charge in [-0.1, -0.05) is 6.92 Å². The van der Waals surface area contributed by atoms with Crippen molar-refractivity contribution in [1.82, 2.24) is 25.3 Å². The first-order valence-electron chi connectivity index (χ1n) is 13.3. The van der Waals surface area contributed by atoms with E-state index in [9.17, 15) is 9.59 Å². The Hall–Kier alpha value is -3.60. The molecule has 0 spiro atoms. The molecular formula is C27H38N6O5. The number of urea groups is 1. The molecule has 2 aromatic rings. The zero-order valence-electron chi connectivity index (χ0n) is 22.5. The van der Waals surface area contributed by atoms with Crippen LogP contribution in [0.15, 0.2) is 30.3 Å². The van der Waals surface area contributed by atoms with Gasteiger partial charge < -0.3 is 34.2 Å². The topological polar surface area (TPSA) is 109 Å². The van der Waals surface area contributed by atoms with Crippen LogP contribution in [0.4, 0.5) is 10.6 Å². The molecule has 38 heavy (non-hydrogen) atoms. The van der Waals surface area contributed by atoms with Gasteiger partial charge in [-0.2, -0.15) is 0 Å². The Kier molecular flexibility index (Phi) is 9.58. The van der Waals surface area contributed by atoms with E-state index in [1.807, 2.05) is 42.2 Å². The van der Waals surface area contributed by atoms with Crippen molar-refractivity contribution in [2.75, 3.05) is 71.5 Å². The number of hydrogen-bond acceptors (Lipinski definition) is 8. The second kappa shape index (κ2) is 13.3. The molecule has 1 atom stereocenters. The maximum absolute atomic E-state index is 13.1. The Balaban J connectivity index is 1.32. The molecule has 0 radical (unpaired) electrons. The molecule has 2 aliphatic rings. The molecule has 1 N–H and O–H groups in total. The number of anilines is 1. The summed E-state index contributed by atoms with van der Waals surface area (Å²) in [4.78, 5) is 31.3. The Morgan fingerprint density at radius 1 is 1.08 bits per heavy atom. The number of amides is 3. The lowest BCUT2D eigenvalue weighted by atomic mass is 10.1. The number of aromatic nitrogens is 2. The number of methoxy groups -OCH3 is 2. The summed E-state index contributed by atoms with van der Waals surface area (Å²) < 4.78 is 16.4. The fourth-order valence-corrected chi connectivity index (χ4v) is 4.69. The summed E-state index contributed by atoms with van der Waals surface area (Å²) in [7, 11) is 3.20. The predicted molar refractivity (Wildman–Crippen MR) is 144 cm³/mol. The summed E-state index contributed by atoms with van der Waals surface area (Å²) in [5, 5.41) is 11.7. The van der Waals surface area contributed by atoms with Gasteiger partial charge in [0.05, 0.1) is 26.0 Å². The van der Waals surface area contributed by atoms with Crippen molar-refractivity contribution >= 4 is 17.8 Å². The minimum Gasteiger partial charge on any atom is -0.493 e. The molecule has 2 saturated heterocycles. The van der Waals surface area contributed by atoms with Crippen molar-refractivity contribution in [3.63, 3.8) is 0 Å². The SMILES string of the molecule is CCCNC(=O)N(CC(=O)N1CCN(c2ccc(-c3ccc(OC)c(OC)c3)nn2)CC1)C[C@@H]1CCCO1. The molecule has 1 aromatic carbocycles. The summed E-state index contributed by atoms with van der Waals surface area (Å²) in [6.07, 6.45) is 2.74. The number of carbonyl (C=O) groups excluding carboxylic acids is 2. The lowest BCUT2D eigenvalue weighted by Crippen LogP contribution is -2.54. The third-order valence-corrected chi connectivity index (χ3v) is 6.87. The summed E-state index contributed by atoms with van der Waals surface area (Å²) in [6.45, 7) is 6.18. The fraction of sp³-hybridized carbons (Fsp3) is 0.556. The molecule has 1 aromatic heterocycles. The van der Waals surface area contributed by atoms with Crippen LogP contribution < -0.4 is 19.7 Å².